The normalized spacial score (nSPS) is 22.3. The monoisotopic (exact) mass is 451 g/mol. The molecule has 184 valence electrons. The summed E-state index contributed by atoms with van der Waals surface area (Å²) in [5.74, 6) is 0.00556. The summed E-state index contributed by atoms with van der Waals surface area (Å²) in [6.45, 7) is 16.7. The maximum absolute atomic E-state index is 13.6. The lowest BCUT2D eigenvalue weighted by Crippen LogP contribution is -2.60. The molecule has 1 N–H and O–H groups in total. The summed E-state index contributed by atoms with van der Waals surface area (Å²) < 4.78 is 5.09. The number of rotatable bonds is 8. The first-order chi connectivity index (χ1) is 14.7. The van der Waals surface area contributed by atoms with E-state index in [9.17, 15) is 14.4 Å². The van der Waals surface area contributed by atoms with Crippen molar-refractivity contribution in [2.75, 3.05) is 27.2 Å². The highest BCUT2D eigenvalue weighted by molar-refractivity contribution is 5.91. The molecule has 32 heavy (non-hydrogen) atoms. The summed E-state index contributed by atoms with van der Waals surface area (Å²) in [4.78, 5) is 42.6. The van der Waals surface area contributed by atoms with Gasteiger partial charge >= 0.3 is 5.97 Å². The molecule has 1 heterocycles. The van der Waals surface area contributed by atoms with Crippen LogP contribution in [0.3, 0.4) is 0 Å². The van der Waals surface area contributed by atoms with Crippen LogP contribution in [0.4, 0.5) is 0 Å². The number of carbonyl (C=O) groups is 3. The number of likely N-dealkylation sites (N-methyl/N-ethyl adjacent to an activating group) is 2. The summed E-state index contributed by atoms with van der Waals surface area (Å²) in [6.07, 6.45) is 3.59. The fraction of sp³-hybridized carbons (Fsp3) is 0.800. The number of likely N-dealkylation sites (tertiary alicyclic amines) is 1. The smallest absolute Gasteiger partial charge is 0.333 e. The third kappa shape index (κ3) is 7.61. The van der Waals surface area contributed by atoms with Crippen LogP contribution in [-0.2, 0) is 19.1 Å². The van der Waals surface area contributed by atoms with E-state index in [2.05, 4.69) is 17.1 Å². The predicted molar refractivity (Wildman–Crippen MR) is 128 cm³/mol. The van der Waals surface area contributed by atoms with Gasteiger partial charge in [0.2, 0.25) is 11.8 Å². The van der Waals surface area contributed by atoms with Crippen molar-refractivity contribution in [2.45, 2.75) is 86.4 Å². The van der Waals surface area contributed by atoms with Gasteiger partial charge in [-0.15, -0.1) is 0 Å². The second-order valence-corrected chi connectivity index (χ2v) is 10.7. The van der Waals surface area contributed by atoms with Gasteiger partial charge in [-0.1, -0.05) is 47.6 Å². The van der Waals surface area contributed by atoms with Gasteiger partial charge in [0.25, 0.3) is 0 Å². The Morgan fingerprint density at radius 3 is 2.28 bits per heavy atom. The van der Waals surface area contributed by atoms with Gasteiger partial charge < -0.3 is 15.0 Å². The van der Waals surface area contributed by atoms with Crippen molar-refractivity contribution in [3.05, 3.63) is 11.6 Å². The lowest BCUT2D eigenvalue weighted by Gasteiger charge is -2.40. The molecule has 1 aliphatic rings. The Kier molecular flexibility index (Phi) is 10.4. The zero-order valence-corrected chi connectivity index (χ0v) is 21.8. The van der Waals surface area contributed by atoms with Crippen LogP contribution >= 0.6 is 0 Å². The van der Waals surface area contributed by atoms with Gasteiger partial charge in [-0.2, -0.15) is 0 Å². The van der Waals surface area contributed by atoms with Crippen molar-refractivity contribution in [3.8, 4) is 0 Å². The maximum atomic E-state index is 13.6. The van der Waals surface area contributed by atoms with E-state index in [0.717, 1.165) is 19.4 Å². The average molecular weight is 452 g/mol. The molecule has 1 rings (SSSR count). The second kappa shape index (κ2) is 11.8. The number of hydrogen-bond donors (Lipinski definition) is 1. The first-order valence-electron chi connectivity index (χ1n) is 11.8. The van der Waals surface area contributed by atoms with Gasteiger partial charge in [0.1, 0.15) is 6.04 Å². The van der Waals surface area contributed by atoms with Crippen molar-refractivity contribution in [1.82, 2.24) is 15.1 Å². The molecule has 0 aliphatic carbocycles. The Hall–Kier alpha value is -1.89. The predicted octanol–water partition coefficient (Wildman–Crippen LogP) is 3.24. The number of piperidine rings is 1. The van der Waals surface area contributed by atoms with E-state index >= 15 is 0 Å². The van der Waals surface area contributed by atoms with Crippen LogP contribution in [0.15, 0.2) is 11.6 Å². The third-order valence-electron chi connectivity index (χ3n) is 6.26. The minimum atomic E-state index is -0.676. The zero-order valence-electron chi connectivity index (χ0n) is 21.8. The fourth-order valence-corrected chi connectivity index (χ4v) is 4.26. The van der Waals surface area contributed by atoms with E-state index in [4.69, 9.17) is 4.74 Å². The SMILES string of the molecule is CCOC(=O)C(C)=C[C@H](C(C)C)N(C)C(=O)[C@@H](NC(=O)C1CC[C@@H](C)CN1C)C(C)(C)C. The molecule has 0 aromatic carbocycles. The average Bonchev–Trinajstić information content (AvgIpc) is 2.67. The Morgan fingerprint density at radius 1 is 1.22 bits per heavy atom. The quantitative estimate of drug-likeness (QED) is 0.453. The molecular formula is C25H45N3O4. The van der Waals surface area contributed by atoms with Crippen molar-refractivity contribution in [3.63, 3.8) is 0 Å². The molecule has 0 radical (unpaired) electrons. The van der Waals surface area contributed by atoms with Gasteiger partial charge in [0.05, 0.1) is 18.7 Å². The highest BCUT2D eigenvalue weighted by Gasteiger charge is 2.39. The summed E-state index contributed by atoms with van der Waals surface area (Å²) in [5.41, 5.74) is 0.00247. The van der Waals surface area contributed by atoms with Gasteiger partial charge in [0, 0.05) is 19.2 Å². The van der Waals surface area contributed by atoms with Crippen LogP contribution in [0.2, 0.25) is 0 Å². The second-order valence-electron chi connectivity index (χ2n) is 10.7. The molecule has 1 aliphatic heterocycles. The molecule has 7 nitrogen and oxygen atoms in total. The van der Waals surface area contributed by atoms with E-state index < -0.39 is 11.5 Å². The van der Waals surface area contributed by atoms with E-state index in [0.29, 0.717) is 18.1 Å². The lowest BCUT2D eigenvalue weighted by molar-refractivity contribution is -0.142. The van der Waals surface area contributed by atoms with Crippen LogP contribution in [0.25, 0.3) is 0 Å². The van der Waals surface area contributed by atoms with Crippen LogP contribution in [0.1, 0.15) is 68.2 Å². The largest absolute Gasteiger partial charge is 0.463 e. The number of ether oxygens (including phenoxy) is 1. The minimum absolute atomic E-state index is 0.0793. The number of carbonyl (C=O) groups excluding carboxylic acids is 3. The summed E-state index contributed by atoms with van der Waals surface area (Å²) in [7, 11) is 3.71. The molecule has 1 unspecified atom stereocenters. The lowest BCUT2D eigenvalue weighted by atomic mass is 9.84. The standard InChI is InChI=1S/C25H45N3O4/c1-11-32-24(31)18(5)14-20(16(2)3)28(10)23(30)21(25(6,7)8)26-22(29)19-13-12-17(4)15-27(19)9/h14,16-17,19-21H,11-13,15H2,1-10H3,(H,26,29)/t17-,19?,20-,21-/m1/s1. The Bertz CT molecular complexity index is 696. The number of amides is 2. The summed E-state index contributed by atoms with van der Waals surface area (Å²) >= 11 is 0. The van der Waals surface area contributed by atoms with Gasteiger partial charge in [0.15, 0.2) is 0 Å². The summed E-state index contributed by atoms with van der Waals surface area (Å²) in [5, 5.41) is 3.06. The first kappa shape index (κ1) is 28.1. The minimum Gasteiger partial charge on any atom is -0.463 e. The Labute approximate surface area is 194 Å². The number of nitrogens with one attached hydrogen (secondary N) is 1. The molecule has 7 heteroatoms. The van der Waals surface area contributed by atoms with Crippen molar-refractivity contribution >= 4 is 17.8 Å². The van der Waals surface area contributed by atoms with E-state index in [1.807, 2.05) is 41.7 Å². The van der Waals surface area contributed by atoms with Gasteiger partial charge in [-0.3, -0.25) is 14.5 Å². The molecule has 0 saturated carbocycles. The molecule has 1 fully saturated rings. The van der Waals surface area contributed by atoms with Crippen molar-refractivity contribution in [2.24, 2.45) is 17.3 Å². The molecular weight excluding hydrogens is 406 g/mol. The van der Waals surface area contributed by atoms with E-state index in [-0.39, 0.29) is 35.8 Å². The molecule has 0 aromatic heterocycles. The zero-order chi connectivity index (χ0) is 24.8. The topological polar surface area (TPSA) is 79.0 Å². The Balaban J connectivity index is 3.10. The highest BCUT2D eigenvalue weighted by Crippen LogP contribution is 2.25. The van der Waals surface area contributed by atoms with Gasteiger partial charge in [-0.25, -0.2) is 4.79 Å². The van der Waals surface area contributed by atoms with Crippen molar-refractivity contribution in [1.29, 1.82) is 0 Å². The van der Waals surface area contributed by atoms with Crippen LogP contribution in [-0.4, -0.2) is 73.0 Å². The molecule has 2 amide bonds. The van der Waals surface area contributed by atoms with Crippen LogP contribution in [0, 0.1) is 17.3 Å². The number of hydrogen-bond acceptors (Lipinski definition) is 5. The number of esters is 1. The van der Waals surface area contributed by atoms with Gasteiger partial charge in [-0.05, 0) is 51.0 Å². The highest BCUT2D eigenvalue weighted by atomic mass is 16.5. The molecule has 0 spiro atoms. The number of nitrogens with zero attached hydrogens (tertiary/aromatic N) is 2. The molecule has 1 saturated heterocycles. The molecule has 4 atom stereocenters. The van der Waals surface area contributed by atoms with E-state index in [1.54, 1.807) is 31.9 Å². The maximum Gasteiger partial charge on any atom is 0.333 e. The molecule has 0 aromatic rings. The third-order valence-corrected chi connectivity index (χ3v) is 6.26. The fourth-order valence-electron chi connectivity index (χ4n) is 4.26. The van der Waals surface area contributed by atoms with Crippen molar-refractivity contribution < 1.29 is 19.1 Å². The van der Waals surface area contributed by atoms with E-state index in [1.165, 1.54) is 0 Å². The Morgan fingerprint density at radius 2 is 1.81 bits per heavy atom. The first-order valence-corrected chi connectivity index (χ1v) is 11.8. The molecule has 0 bridgehead atoms. The van der Waals surface area contributed by atoms with Crippen LogP contribution in [0.5, 0.6) is 0 Å². The summed E-state index contributed by atoms with van der Waals surface area (Å²) in [6, 6.07) is -1.20. The van der Waals surface area contributed by atoms with Crippen LogP contribution < -0.4 is 5.32 Å².